The average molecular weight is 265 g/mol. The summed E-state index contributed by atoms with van der Waals surface area (Å²) in [4.78, 5) is 4.38. The zero-order valence-corrected chi connectivity index (χ0v) is 10.9. The molecule has 2 N–H and O–H groups in total. The Balaban J connectivity index is 1.77. The zero-order valence-electron chi connectivity index (χ0n) is 10.9. The molecule has 3 aromatic rings. The fourth-order valence-electron chi connectivity index (χ4n) is 2.05. The monoisotopic (exact) mass is 265 g/mol. The minimum Gasteiger partial charge on any atom is -0.337 e. The maximum atomic E-state index is 6.13. The Labute approximate surface area is 117 Å². The van der Waals surface area contributed by atoms with Crippen LogP contribution in [0.15, 0.2) is 65.2 Å². The molecule has 0 saturated heterocycles. The molecule has 0 aliphatic carbocycles. The van der Waals surface area contributed by atoms with Gasteiger partial charge in [0.05, 0.1) is 0 Å². The Morgan fingerprint density at radius 1 is 0.950 bits per heavy atom. The topological polar surface area (TPSA) is 64.9 Å². The standard InChI is InChI=1S/C16H15N3O/c17-15(13-9-5-2-6-10-13)16-18-14(19-20-16)11-12-7-3-1-4-8-12/h1-10,15H,11,17H2/t15-/m1/s1. The van der Waals surface area contributed by atoms with Crippen LogP contribution < -0.4 is 5.73 Å². The molecular weight excluding hydrogens is 250 g/mol. The Morgan fingerprint density at radius 2 is 1.60 bits per heavy atom. The fourth-order valence-corrected chi connectivity index (χ4v) is 2.05. The predicted octanol–water partition coefficient (Wildman–Crippen LogP) is 2.71. The summed E-state index contributed by atoms with van der Waals surface area (Å²) in [7, 11) is 0. The first-order chi connectivity index (χ1) is 9.83. The van der Waals surface area contributed by atoms with Crippen molar-refractivity contribution in [2.75, 3.05) is 0 Å². The molecule has 0 bridgehead atoms. The molecule has 0 radical (unpaired) electrons. The summed E-state index contributed by atoms with van der Waals surface area (Å²) >= 11 is 0. The summed E-state index contributed by atoms with van der Waals surface area (Å²) in [5.41, 5.74) is 8.23. The molecule has 3 rings (SSSR count). The van der Waals surface area contributed by atoms with Crippen LogP contribution in [0.3, 0.4) is 0 Å². The van der Waals surface area contributed by atoms with Crippen molar-refractivity contribution in [3.05, 3.63) is 83.5 Å². The highest BCUT2D eigenvalue weighted by Gasteiger charge is 2.16. The summed E-state index contributed by atoms with van der Waals surface area (Å²) in [5.74, 6) is 1.10. The van der Waals surface area contributed by atoms with E-state index < -0.39 is 0 Å². The summed E-state index contributed by atoms with van der Waals surface area (Å²) in [5, 5.41) is 3.99. The summed E-state index contributed by atoms with van der Waals surface area (Å²) in [6.45, 7) is 0. The summed E-state index contributed by atoms with van der Waals surface area (Å²) in [6, 6.07) is 19.4. The second kappa shape index (κ2) is 5.67. The first kappa shape index (κ1) is 12.6. The van der Waals surface area contributed by atoms with Gasteiger partial charge in [-0.2, -0.15) is 4.98 Å². The van der Waals surface area contributed by atoms with Crippen LogP contribution in [0.25, 0.3) is 0 Å². The van der Waals surface area contributed by atoms with E-state index in [4.69, 9.17) is 10.3 Å². The van der Waals surface area contributed by atoms with E-state index >= 15 is 0 Å². The summed E-state index contributed by atoms with van der Waals surface area (Å²) < 4.78 is 5.27. The normalized spacial score (nSPS) is 12.2. The SMILES string of the molecule is N[C@H](c1ccccc1)c1nc(Cc2ccccc2)no1. The van der Waals surface area contributed by atoms with Crippen LogP contribution in [0.1, 0.15) is 28.9 Å². The lowest BCUT2D eigenvalue weighted by Gasteiger charge is -2.05. The van der Waals surface area contributed by atoms with Gasteiger partial charge in [0.25, 0.3) is 0 Å². The first-order valence-electron chi connectivity index (χ1n) is 6.50. The number of hydrogen-bond acceptors (Lipinski definition) is 4. The average Bonchev–Trinajstić information content (AvgIpc) is 2.97. The fraction of sp³-hybridized carbons (Fsp3) is 0.125. The van der Waals surface area contributed by atoms with Gasteiger partial charge in [0.15, 0.2) is 5.82 Å². The molecule has 0 saturated carbocycles. The molecule has 4 nitrogen and oxygen atoms in total. The number of nitrogens with zero attached hydrogens (tertiary/aromatic N) is 2. The lowest BCUT2D eigenvalue weighted by atomic mass is 10.1. The van der Waals surface area contributed by atoms with E-state index in [1.807, 2.05) is 60.7 Å². The Morgan fingerprint density at radius 3 is 2.30 bits per heavy atom. The van der Waals surface area contributed by atoms with Crippen LogP contribution in [0.2, 0.25) is 0 Å². The van der Waals surface area contributed by atoms with Crippen LogP contribution in [0.4, 0.5) is 0 Å². The van der Waals surface area contributed by atoms with Crippen molar-refractivity contribution >= 4 is 0 Å². The third-order valence-corrected chi connectivity index (χ3v) is 3.11. The molecule has 1 heterocycles. The van der Waals surface area contributed by atoms with Crippen molar-refractivity contribution in [3.8, 4) is 0 Å². The van der Waals surface area contributed by atoms with E-state index in [9.17, 15) is 0 Å². The van der Waals surface area contributed by atoms with Gasteiger partial charge in [0.2, 0.25) is 5.89 Å². The van der Waals surface area contributed by atoms with Gasteiger partial charge >= 0.3 is 0 Å². The van der Waals surface area contributed by atoms with Crippen molar-refractivity contribution in [2.24, 2.45) is 5.73 Å². The lowest BCUT2D eigenvalue weighted by Crippen LogP contribution is -2.12. The minimum atomic E-state index is -0.381. The summed E-state index contributed by atoms with van der Waals surface area (Å²) in [6.07, 6.45) is 0.645. The second-order valence-corrected chi connectivity index (χ2v) is 4.60. The van der Waals surface area contributed by atoms with Crippen LogP contribution in [0.5, 0.6) is 0 Å². The molecule has 1 atom stereocenters. The van der Waals surface area contributed by atoms with E-state index in [2.05, 4.69) is 10.1 Å². The van der Waals surface area contributed by atoms with E-state index in [0.717, 1.165) is 11.1 Å². The number of benzene rings is 2. The Hall–Kier alpha value is -2.46. The van der Waals surface area contributed by atoms with Gasteiger partial charge < -0.3 is 10.3 Å². The Bertz CT molecular complexity index is 664. The van der Waals surface area contributed by atoms with Crippen molar-refractivity contribution in [2.45, 2.75) is 12.5 Å². The third kappa shape index (κ3) is 2.75. The van der Waals surface area contributed by atoms with Crippen LogP contribution >= 0.6 is 0 Å². The molecule has 0 fully saturated rings. The van der Waals surface area contributed by atoms with Gasteiger partial charge in [0.1, 0.15) is 6.04 Å². The van der Waals surface area contributed by atoms with Crippen LogP contribution in [0, 0.1) is 0 Å². The van der Waals surface area contributed by atoms with Gasteiger partial charge in [-0.15, -0.1) is 0 Å². The van der Waals surface area contributed by atoms with Crippen molar-refractivity contribution in [3.63, 3.8) is 0 Å². The lowest BCUT2D eigenvalue weighted by molar-refractivity contribution is 0.363. The van der Waals surface area contributed by atoms with Gasteiger partial charge in [-0.3, -0.25) is 0 Å². The zero-order chi connectivity index (χ0) is 13.8. The maximum Gasteiger partial charge on any atom is 0.248 e. The van der Waals surface area contributed by atoms with Crippen LogP contribution in [-0.2, 0) is 6.42 Å². The number of nitrogens with two attached hydrogens (primary N) is 1. The van der Waals surface area contributed by atoms with E-state index in [-0.39, 0.29) is 6.04 Å². The van der Waals surface area contributed by atoms with E-state index in [0.29, 0.717) is 18.1 Å². The molecule has 0 unspecified atom stereocenters. The largest absolute Gasteiger partial charge is 0.337 e. The molecule has 0 amide bonds. The number of aromatic nitrogens is 2. The number of hydrogen-bond donors (Lipinski definition) is 1. The van der Waals surface area contributed by atoms with Crippen molar-refractivity contribution < 1.29 is 4.52 Å². The molecule has 0 spiro atoms. The van der Waals surface area contributed by atoms with E-state index in [1.54, 1.807) is 0 Å². The van der Waals surface area contributed by atoms with Gasteiger partial charge in [-0.05, 0) is 11.1 Å². The molecule has 4 heteroatoms. The molecule has 2 aromatic carbocycles. The quantitative estimate of drug-likeness (QED) is 0.787. The predicted molar refractivity (Wildman–Crippen MR) is 76.0 cm³/mol. The highest BCUT2D eigenvalue weighted by Crippen LogP contribution is 2.18. The Kier molecular flexibility index (Phi) is 3.56. The van der Waals surface area contributed by atoms with E-state index in [1.165, 1.54) is 0 Å². The third-order valence-electron chi connectivity index (χ3n) is 3.11. The van der Waals surface area contributed by atoms with Gasteiger partial charge in [-0.25, -0.2) is 0 Å². The molecule has 0 aliphatic heterocycles. The minimum absolute atomic E-state index is 0.381. The maximum absolute atomic E-state index is 6.13. The second-order valence-electron chi connectivity index (χ2n) is 4.60. The molecule has 100 valence electrons. The smallest absolute Gasteiger partial charge is 0.248 e. The highest BCUT2D eigenvalue weighted by atomic mass is 16.5. The molecule has 1 aromatic heterocycles. The number of rotatable bonds is 4. The van der Waals surface area contributed by atoms with Crippen molar-refractivity contribution in [1.29, 1.82) is 0 Å². The molecule has 20 heavy (non-hydrogen) atoms. The first-order valence-corrected chi connectivity index (χ1v) is 6.50. The van der Waals surface area contributed by atoms with Crippen LogP contribution in [-0.4, -0.2) is 10.1 Å². The molecule has 0 aliphatic rings. The van der Waals surface area contributed by atoms with Crippen molar-refractivity contribution in [1.82, 2.24) is 10.1 Å². The van der Waals surface area contributed by atoms with Gasteiger partial charge in [0, 0.05) is 6.42 Å². The molecular formula is C16H15N3O. The van der Waals surface area contributed by atoms with Gasteiger partial charge in [-0.1, -0.05) is 65.8 Å². The highest BCUT2D eigenvalue weighted by molar-refractivity contribution is 5.24.